The fourth-order valence-electron chi connectivity index (χ4n) is 2.98. The summed E-state index contributed by atoms with van der Waals surface area (Å²) in [5.74, 6) is 1.56. The zero-order valence-corrected chi connectivity index (χ0v) is 14.3. The SMILES string of the molecule is CCc1ncc(C(=O)N2CCCCC2)c(-c2ccc(OC)cc2)n1. The van der Waals surface area contributed by atoms with Crippen molar-refractivity contribution in [3.05, 3.63) is 41.9 Å². The van der Waals surface area contributed by atoms with Crippen molar-refractivity contribution < 1.29 is 9.53 Å². The molecule has 5 nitrogen and oxygen atoms in total. The number of rotatable bonds is 4. The van der Waals surface area contributed by atoms with Crippen LogP contribution in [0.4, 0.5) is 0 Å². The first-order chi connectivity index (χ1) is 11.7. The standard InChI is InChI=1S/C19H23N3O2/c1-3-17-20-13-16(19(23)22-11-5-4-6-12-22)18(21-17)14-7-9-15(24-2)10-8-14/h7-10,13H,3-6,11-12H2,1-2H3. The minimum absolute atomic E-state index is 0.0307. The average Bonchev–Trinajstić information content (AvgIpc) is 2.67. The van der Waals surface area contributed by atoms with E-state index in [0.29, 0.717) is 11.3 Å². The Labute approximate surface area is 142 Å². The summed E-state index contributed by atoms with van der Waals surface area (Å²) in [7, 11) is 1.64. The quantitative estimate of drug-likeness (QED) is 0.865. The van der Waals surface area contributed by atoms with Crippen molar-refractivity contribution in [2.45, 2.75) is 32.6 Å². The van der Waals surface area contributed by atoms with E-state index in [9.17, 15) is 4.79 Å². The molecule has 1 aromatic heterocycles. The summed E-state index contributed by atoms with van der Waals surface area (Å²) in [4.78, 5) is 23.8. The van der Waals surface area contributed by atoms with Crippen LogP contribution in [0.3, 0.4) is 0 Å². The third-order valence-corrected chi connectivity index (χ3v) is 4.39. The molecule has 0 radical (unpaired) electrons. The molecule has 1 fully saturated rings. The average molecular weight is 325 g/mol. The van der Waals surface area contributed by atoms with E-state index in [1.807, 2.05) is 36.1 Å². The molecule has 24 heavy (non-hydrogen) atoms. The number of aromatic nitrogens is 2. The Hall–Kier alpha value is -2.43. The van der Waals surface area contributed by atoms with E-state index in [4.69, 9.17) is 4.74 Å². The highest BCUT2D eigenvalue weighted by atomic mass is 16.5. The molecule has 0 bridgehead atoms. The van der Waals surface area contributed by atoms with Crippen LogP contribution in [0.1, 0.15) is 42.4 Å². The van der Waals surface area contributed by atoms with E-state index in [1.165, 1.54) is 6.42 Å². The third-order valence-electron chi connectivity index (χ3n) is 4.39. The molecule has 0 spiro atoms. The van der Waals surface area contributed by atoms with E-state index in [2.05, 4.69) is 9.97 Å². The summed E-state index contributed by atoms with van der Waals surface area (Å²) in [5, 5.41) is 0. The first-order valence-electron chi connectivity index (χ1n) is 8.52. The zero-order chi connectivity index (χ0) is 16.9. The lowest BCUT2D eigenvalue weighted by atomic mass is 10.0. The van der Waals surface area contributed by atoms with Crippen LogP contribution in [-0.4, -0.2) is 41.0 Å². The number of nitrogens with zero attached hydrogens (tertiary/aromatic N) is 3. The normalized spacial score (nSPS) is 14.5. The van der Waals surface area contributed by atoms with Crippen molar-refractivity contribution in [3.63, 3.8) is 0 Å². The molecule has 126 valence electrons. The molecule has 1 saturated heterocycles. The van der Waals surface area contributed by atoms with Gasteiger partial charge in [0.05, 0.1) is 18.4 Å². The van der Waals surface area contributed by atoms with Gasteiger partial charge in [-0.05, 0) is 43.5 Å². The maximum atomic E-state index is 12.9. The summed E-state index contributed by atoms with van der Waals surface area (Å²) in [6.45, 7) is 3.64. The second kappa shape index (κ2) is 7.43. The Morgan fingerprint density at radius 1 is 1.17 bits per heavy atom. The summed E-state index contributed by atoms with van der Waals surface area (Å²) < 4.78 is 5.21. The number of aryl methyl sites for hydroxylation is 1. The van der Waals surface area contributed by atoms with Crippen molar-refractivity contribution in [1.82, 2.24) is 14.9 Å². The van der Waals surface area contributed by atoms with Crippen LogP contribution in [0.15, 0.2) is 30.5 Å². The van der Waals surface area contributed by atoms with Crippen molar-refractivity contribution in [3.8, 4) is 17.0 Å². The Kier molecular flexibility index (Phi) is 5.08. The molecule has 1 aliphatic heterocycles. The number of methoxy groups -OCH3 is 1. The van der Waals surface area contributed by atoms with Crippen molar-refractivity contribution >= 4 is 5.91 Å². The Balaban J connectivity index is 2.00. The van der Waals surface area contributed by atoms with Gasteiger partial charge in [0, 0.05) is 31.3 Å². The van der Waals surface area contributed by atoms with Crippen LogP contribution in [0.5, 0.6) is 5.75 Å². The predicted octanol–water partition coefficient (Wildman–Crippen LogP) is 3.34. The summed E-state index contributed by atoms with van der Waals surface area (Å²) >= 11 is 0. The summed E-state index contributed by atoms with van der Waals surface area (Å²) in [6.07, 6.45) is 5.75. The van der Waals surface area contributed by atoms with Gasteiger partial charge in [-0.3, -0.25) is 4.79 Å². The third kappa shape index (κ3) is 3.40. The number of benzene rings is 1. The molecule has 5 heteroatoms. The van der Waals surface area contributed by atoms with Gasteiger partial charge in [0.2, 0.25) is 0 Å². The lowest BCUT2D eigenvalue weighted by molar-refractivity contribution is 0.0724. The van der Waals surface area contributed by atoms with Gasteiger partial charge in [-0.25, -0.2) is 9.97 Å². The molecule has 1 aliphatic rings. The molecule has 0 atom stereocenters. The summed E-state index contributed by atoms with van der Waals surface area (Å²) in [5.41, 5.74) is 2.20. The van der Waals surface area contributed by atoms with E-state index in [1.54, 1.807) is 13.3 Å². The highest BCUT2D eigenvalue weighted by Gasteiger charge is 2.23. The number of piperidine rings is 1. The molecule has 0 N–H and O–H groups in total. The first-order valence-corrected chi connectivity index (χ1v) is 8.52. The van der Waals surface area contributed by atoms with Crippen LogP contribution in [0.2, 0.25) is 0 Å². The number of carbonyl (C=O) groups is 1. The molecule has 3 rings (SSSR count). The van der Waals surface area contributed by atoms with Crippen molar-refractivity contribution in [2.75, 3.05) is 20.2 Å². The lowest BCUT2D eigenvalue weighted by Crippen LogP contribution is -2.36. The molecular formula is C19H23N3O2. The van der Waals surface area contributed by atoms with Crippen LogP contribution >= 0.6 is 0 Å². The number of likely N-dealkylation sites (tertiary alicyclic amines) is 1. The second-order valence-electron chi connectivity index (χ2n) is 5.98. The molecule has 1 aromatic carbocycles. The fourth-order valence-corrected chi connectivity index (χ4v) is 2.98. The van der Waals surface area contributed by atoms with E-state index >= 15 is 0 Å². The van der Waals surface area contributed by atoms with Gasteiger partial charge in [0.1, 0.15) is 11.6 Å². The van der Waals surface area contributed by atoms with Crippen LogP contribution in [-0.2, 0) is 6.42 Å². The molecule has 0 aliphatic carbocycles. The number of hydrogen-bond donors (Lipinski definition) is 0. The van der Waals surface area contributed by atoms with Crippen LogP contribution < -0.4 is 4.74 Å². The number of carbonyl (C=O) groups excluding carboxylic acids is 1. The molecule has 0 unspecified atom stereocenters. The zero-order valence-electron chi connectivity index (χ0n) is 14.3. The Morgan fingerprint density at radius 2 is 1.88 bits per heavy atom. The number of ether oxygens (including phenoxy) is 1. The minimum Gasteiger partial charge on any atom is -0.497 e. The van der Waals surface area contributed by atoms with Gasteiger partial charge in [0.15, 0.2) is 0 Å². The van der Waals surface area contributed by atoms with Gasteiger partial charge in [-0.15, -0.1) is 0 Å². The second-order valence-corrected chi connectivity index (χ2v) is 5.98. The van der Waals surface area contributed by atoms with Crippen molar-refractivity contribution in [2.24, 2.45) is 0 Å². The van der Waals surface area contributed by atoms with Gasteiger partial charge >= 0.3 is 0 Å². The van der Waals surface area contributed by atoms with Gasteiger partial charge < -0.3 is 9.64 Å². The van der Waals surface area contributed by atoms with Crippen molar-refractivity contribution in [1.29, 1.82) is 0 Å². The Morgan fingerprint density at radius 3 is 2.50 bits per heavy atom. The molecular weight excluding hydrogens is 302 g/mol. The fraction of sp³-hybridized carbons (Fsp3) is 0.421. The van der Waals surface area contributed by atoms with E-state index in [0.717, 1.165) is 49.5 Å². The van der Waals surface area contributed by atoms with Gasteiger partial charge in [0.25, 0.3) is 5.91 Å². The van der Waals surface area contributed by atoms with E-state index in [-0.39, 0.29) is 5.91 Å². The summed E-state index contributed by atoms with van der Waals surface area (Å²) in [6, 6.07) is 7.65. The first kappa shape index (κ1) is 16.4. The Bertz CT molecular complexity index is 707. The molecule has 1 amide bonds. The number of amides is 1. The maximum Gasteiger partial charge on any atom is 0.257 e. The molecule has 2 aromatic rings. The monoisotopic (exact) mass is 325 g/mol. The van der Waals surface area contributed by atoms with Gasteiger partial charge in [-0.2, -0.15) is 0 Å². The lowest BCUT2D eigenvalue weighted by Gasteiger charge is -2.27. The van der Waals surface area contributed by atoms with E-state index < -0.39 is 0 Å². The molecule has 0 saturated carbocycles. The number of hydrogen-bond acceptors (Lipinski definition) is 4. The van der Waals surface area contributed by atoms with Crippen LogP contribution in [0, 0.1) is 0 Å². The van der Waals surface area contributed by atoms with Gasteiger partial charge in [-0.1, -0.05) is 6.92 Å². The highest BCUT2D eigenvalue weighted by molar-refractivity contribution is 5.99. The largest absolute Gasteiger partial charge is 0.497 e. The highest BCUT2D eigenvalue weighted by Crippen LogP contribution is 2.26. The topological polar surface area (TPSA) is 55.3 Å². The minimum atomic E-state index is 0.0307. The smallest absolute Gasteiger partial charge is 0.257 e. The molecule has 2 heterocycles. The maximum absolute atomic E-state index is 12.9. The van der Waals surface area contributed by atoms with Crippen LogP contribution in [0.25, 0.3) is 11.3 Å². The predicted molar refractivity (Wildman–Crippen MR) is 93.2 cm³/mol.